The minimum absolute atomic E-state index is 0.114. The number of hydrogen-bond donors (Lipinski definition) is 2. The summed E-state index contributed by atoms with van der Waals surface area (Å²) in [6.45, 7) is 1.93. The van der Waals surface area contributed by atoms with Gasteiger partial charge in [0.1, 0.15) is 17.2 Å². The van der Waals surface area contributed by atoms with Crippen molar-refractivity contribution in [3.8, 4) is 10.6 Å². The van der Waals surface area contributed by atoms with Crippen molar-refractivity contribution < 1.29 is 22.8 Å². The molecule has 0 unspecified atom stereocenters. The number of hydrogen-bond acceptors (Lipinski definition) is 4. The fraction of sp³-hybridized carbons (Fsp3) is 0.312. The minimum atomic E-state index is -4.49. The molecule has 1 aromatic heterocycles. The Hall–Kier alpha value is -2.42. The predicted octanol–water partition coefficient (Wildman–Crippen LogP) is 2.84. The molecule has 2 amide bonds. The number of alkyl halides is 3. The van der Waals surface area contributed by atoms with Gasteiger partial charge in [0.15, 0.2) is 0 Å². The van der Waals surface area contributed by atoms with Crippen molar-refractivity contribution in [2.24, 2.45) is 0 Å². The zero-order valence-corrected chi connectivity index (χ0v) is 14.3. The molecule has 0 atom stereocenters. The van der Waals surface area contributed by atoms with Gasteiger partial charge in [-0.2, -0.15) is 13.2 Å². The molecule has 9 heteroatoms. The van der Waals surface area contributed by atoms with Gasteiger partial charge >= 0.3 is 6.18 Å². The third-order valence-corrected chi connectivity index (χ3v) is 4.12. The van der Waals surface area contributed by atoms with E-state index in [9.17, 15) is 22.8 Å². The van der Waals surface area contributed by atoms with Gasteiger partial charge in [0, 0.05) is 10.9 Å². The topological polar surface area (TPSA) is 71.1 Å². The Bertz CT molecular complexity index is 787. The van der Waals surface area contributed by atoms with Crippen LogP contribution in [-0.4, -0.2) is 36.1 Å². The van der Waals surface area contributed by atoms with Crippen LogP contribution in [0, 0.1) is 13.8 Å². The number of aryl methyl sites for hydroxylation is 2. The van der Waals surface area contributed by atoms with Crippen LogP contribution in [0.3, 0.4) is 0 Å². The van der Waals surface area contributed by atoms with Crippen molar-refractivity contribution in [3.63, 3.8) is 0 Å². The maximum atomic E-state index is 12.0. The fourth-order valence-corrected chi connectivity index (χ4v) is 2.96. The van der Waals surface area contributed by atoms with Crippen LogP contribution in [-0.2, 0) is 4.79 Å². The van der Waals surface area contributed by atoms with Crippen molar-refractivity contribution >= 4 is 23.2 Å². The van der Waals surface area contributed by atoms with Gasteiger partial charge in [-0.15, -0.1) is 11.3 Å². The van der Waals surface area contributed by atoms with Crippen molar-refractivity contribution in [2.75, 3.05) is 13.1 Å². The van der Waals surface area contributed by atoms with Crippen LogP contribution in [0.1, 0.15) is 21.6 Å². The van der Waals surface area contributed by atoms with Crippen LogP contribution in [0.15, 0.2) is 23.6 Å². The molecule has 0 bridgehead atoms. The monoisotopic (exact) mass is 371 g/mol. The van der Waals surface area contributed by atoms with Crippen molar-refractivity contribution in [1.82, 2.24) is 15.6 Å². The first-order valence-electron chi connectivity index (χ1n) is 7.30. The van der Waals surface area contributed by atoms with Gasteiger partial charge in [0.05, 0.1) is 6.54 Å². The molecule has 1 heterocycles. The van der Waals surface area contributed by atoms with E-state index >= 15 is 0 Å². The van der Waals surface area contributed by atoms with E-state index in [-0.39, 0.29) is 5.69 Å². The molecule has 0 aliphatic heterocycles. The third-order valence-electron chi connectivity index (χ3n) is 3.24. The number of benzene rings is 1. The van der Waals surface area contributed by atoms with E-state index in [0.717, 1.165) is 16.7 Å². The zero-order chi connectivity index (χ0) is 18.6. The number of halogens is 3. The van der Waals surface area contributed by atoms with Crippen LogP contribution in [0.5, 0.6) is 0 Å². The number of nitrogens with one attached hydrogen (secondary N) is 2. The molecule has 2 N–H and O–H groups in total. The van der Waals surface area contributed by atoms with Gasteiger partial charge in [-0.25, -0.2) is 4.98 Å². The molecular formula is C16H16F3N3O2S. The summed E-state index contributed by atoms with van der Waals surface area (Å²) in [5.41, 5.74) is 3.15. The molecule has 0 aliphatic carbocycles. The number of carbonyl (C=O) groups is 2. The molecule has 0 spiro atoms. The van der Waals surface area contributed by atoms with Gasteiger partial charge in [-0.1, -0.05) is 23.8 Å². The molecular weight excluding hydrogens is 355 g/mol. The first kappa shape index (κ1) is 18.9. The highest BCUT2D eigenvalue weighted by Crippen LogP contribution is 2.27. The Kier molecular flexibility index (Phi) is 5.78. The van der Waals surface area contributed by atoms with Crippen molar-refractivity contribution in [1.29, 1.82) is 0 Å². The number of amides is 2. The smallest absolute Gasteiger partial charge is 0.345 e. The Morgan fingerprint density at radius 3 is 2.56 bits per heavy atom. The first-order chi connectivity index (χ1) is 11.7. The lowest BCUT2D eigenvalue weighted by Gasteiger charge is -2.08. The zero-order valence-electron chi connectivity index (χ0n) is 13.5. The van der Waals surface area contributed by atoms with Crippen LogP contribution in [0.2, 0.25) is 0 Å². The SMILES string of the molecule is Cc1ccc(-c2nc(C(=O)NCC(=O)NCC(F)(F)F)cs2)c(C)c1. The first-order valence-corrected chi connectivity index (χ1v) is 8.18. The molecule has 5 nitrogen and oxygen atoms in total. The Labute approximate surface area is 146 Å². The molecule has 0 saturated heterocycles. The van der Waals surface area contributed by atoms with Crippen LogP contribution in [0.4, 0.5) is 13.2 Å². The largest absolute Gasteiger partial charge is 0.405 e. The standard InChI is InChI=1S/C16H16F3N3O2S/c1-9-3-4-11(10(2)5-9)15-22-12(7-25-15)14(24)20-6-13(23)21-8-16(17,18)19/h3-5,7H,6,8H2,1-2H3,(H,20,24)(H,21,23). The molecule has 2 aromatic rings. The summed E-state index contributed by atoms with van der Waals surface area (Å²) < 4.78 is 36.0. The molecule has 0 fully saturated rings. The molecule has 25 heavy (non-hydrogen) atoms. The second-order valence-corrected chi connectivity index (χ2v) is 6.29. The number of thiazole rings is 1. The van der Waals surface area contributed by atoms with E-state index < -0.39 is 31.1 Å². The molecule has 134 valence electrons. The normalized spacial score (nSPS) is 11.2. The summed E-state index contributed by atoms with van der Waals surface area (Å²) >= 11 is 1.28. The lowest BCUT2D eigenvalue weighted by atomic mass is 10.1. The van der Waals surface area contributed by atoms with E-state index in [2.05, 4.69) is 10.3 Å². The summed E-state index contributed by atoms with van der Waals surface area (Å²) in [4.78, 5) is 27.5. The van der Waals surface area contributed by atoms with Crippen LogP contribution < -0.4 is 10.6 Å². The highest BCUT2D eigenvalue weighted by molar-refractivity contribution is 7.13. The van der Waals surface area contributed by atoms with E-state index in [0.29, 0.717) is 5.01 Å². The van der Waals surface area contributed by atoms with Gasteiger partial charge in [-0.05, 0) is 19.4 Å². The van der Waals surface area contributed by atoms with E-state index in [1.54, 1.807) is 5.32 Å². The summed E-state index contributed by atoms with van der Waals surface area (Å²) in [5.74, 6) is -1.54. The Balaban J connectivity index is 1.95. The maximum absolute atomic E-state index is 12.0. The molecule has 0 aliphatic rings. The molecule has 0 radical (unpaired) electrons. The average Bonchev–Trinajstić information content (AvgIpc) is 2.99. The lowest BCUT2D eigenvalue weighted by molar-refractivity contribution is -0.137. The van der Waals surface area contributed by atoms with Crippen LogP contribution >= 0.6 is 11.3 Å². The summed E-state index contributed by atoms with van der Waals surface area (Å²) in [6.07, 6.45) is -4.49. The minimum Gasteiger partial charge on any atom is -0.345 e. The van der Waals surface area contributed by atoms with Gasteiger partial charge < -0.3 is 10.6 Å². The number of nitrogens with zero attached hydrogens (tertiary/aromatic N) is 1. The summed E-state index contributed by atoms with van der Waals surface area (Å²) in [5, 5.41) is 6.12. The van der Waals surface area contributed by atoms with Gasteiger partial charge in [0.2, 0.25) is 5.91 Å². The molecule has 2 rings (SSSR count). The summed E-state index contributed by atoms with van der Waals surface area (Å²) in [6, 6.07) is 5.85. The number of rotatable bonds is 5. The second kappa shape index (κ2) is 7.64. The van der Waals surface area contributed by atoms with Crippen molar-refractivity contribution in [3.05, 3.63) is 40.4 Å². The predicted molar refractivity (Wildman–Crippen MR) is 88.4 cm³/mol. The Morgan fingerprint density at radius 2 is 1.92 bits per heavy atom. The maximum Gasteiger partial charge on any atom is 0.405 e. The van der Waals surface area contributed by atoms with Crippen molar-refractivity contribution in [2.45, 2.75) is 20.0 Å². The average molecular weight is 371 g/mol. The van der Waals surface area contributed by atoms with E-state index in [1.807, 2.05) is 32.0 Å². The summed E-state index contributed by atoms with van der Waals surface area (Å²) in [7, 11) is 0. The quantitative estimate of drug-likeness (QED) is 0.849. The van der Waals surface area contributed by atoms with E-state index in [4.69, 9.17) is 0 Å². The second-order valence-electron chi connectivity index (χ2n) is 5.43. The Morgan fingerprint density at radius 1 is 1.20 bits per heavy atom. The van der Waals surface area contributed by atoms with Gasteiger partial charge in [-0.3, -0.25) is 9.59 Å². The third kappa shape index (κ3) is 5.56. The molecule has 1 aromatic carbocycles. The highest BCUT2D eigenvalue weighted by Gasteiger charge is 2.27. The van der Waals surface area contributed by atoms with Crippen LogP contribution in [0.25, 0.3) is 10.6 Å². The lowest BCUT2D eigenvalue weighted by Crippen LogP contribution is -2.40. The molecule has 0 saturated carbocycles. The number of aromatic nitrogens is 1. The highest BCUT2D eigenvalue weighted by atomic mass is 32.1. The van der Waals surface area contributed by atoms with Gasteiger partial charge in [0.25, 0.3) is 5.91 Å². The van der Waals surface area contributed by atoms with E-state index in [1.165, 1.54) is 16.7 Å². The fourth-order valence-electron chi connectivity index (χ4n) is 2.07. The number of carbonyl (C=O) groups excluding carboxylic acids is 2.